The predicted octanol–water partition coefficient (Wildman–Crippen LogP) is 3.74. The molecule has 0 aliphatic carbocycles. The van der Waals surface area contributed by atoms with Crippen LogP contribution >= 0.6 is 11.6 Å². The van der Waals surface area contributed by atoms with Crippen molar-refractivity contribution in [2.24, 2.45) is 0 Å². The fraction of sp³-hybridized carbons (Fsp3) is 0.286. The van der Waals surface area contributed by atoms with Gasteiger partial charge in [-0.25, -0.2) is 0 Å². The van der Waals surface area contributed by atoms with Crippen LogP contribution in [0.1, 0.15) is 22.7 Å². The smallest absolute Gasteiger partial charge is 0.0935 e. The van der Waals surface area contributed by atoms with E-state index >= 15 is 0 Å². The molecule has 0 aliphatic heterocycles. The van der Waals surface area contributed by atoms with Gasteiger partial charge in [-0.05, 0) is 43.1 Å². The van der Waals surface area contributed by atoms with Crippen LogP contribution in [0.25, 0.3) is 0 Å². The number of aryl methyl sites for hydroxylation is 1. The highest BCUT2D eigenvalue weighted by Crippen LogP contribution is 2.28. The molecule has 1 aromatic carbocycles. The van der Waals surface area contributed by atoms with Gasteiger partial charge >= 0.3 is 0 Å². The van der Waals surface area contributed by atoms with Crippen molar-refractivity contribution >= 4 is 11.6 Å². The molecule has 1 aromatic heterocycles. The van der Waals surface area contributed by atoms with Gasteiger partial charge in [0.25, 0.3) is 0 Å². The minimum atomic E-state index is 0.208. The second kappa shape index (κ2) is 5.39. The quantitative estimate of drug-likeness (QED) is 0.893. The molecule has 2 rings (SSSR count). The molecule has 0 saturated heterocycles. The van der Waals surface area contributed by atoms with Gasteiger partial charge in [0, 0.05) is 11.1 Å². The Kier molecular flexibility index (Phi) is 3.87. The second-order valence-electron chi connectivity index (χ2n) is 4.16. The van der Waals surface area contributed by atoms with Gasteiger partial charge in [-0.2, -0.15) is 0 Å². The largest absolute Gasteiger partial charge is 0.472 e. The van der Waals surface area contributed by atoms with Gasteiger partial charge in [-0.15, -0.1) is 0 Å². The molecule has 0 bridgehead atoms. The first-order valence-electron chi connectivity index (χ1n) is 5.65. The Morgan fingerprint density at radius 3 is 2.82 bits per heavy atom. The van der Waals surface area contributed by atoms with Crippen molar-refractivity contribution < 1.29 is 4.42 Å². The zero-order chi connectivity index (χ0) is 12.3. The summed E-state index contributed by atoms with van der Waals surface area (Å²) < 4.78 is 5.09. The lowest BCUT2D eigenvalue weighted by Gasteiger charge is -2.18. The van der Waals surface area contributed by atoms with E-state index in [9.17, 15) is 0 Å². The first-order valence-corrected chi connectivity index (χ1v) is 6.03. The number of nitrogens with one attached hydrogen (secondary N) is 1. The normalized spacial score (nSPS) is 12.6. The van der Waals surface area contributed by atoms with Gasteiger partial charge in [0.15, 0.2) is 0 Å². The van der Waals surface area contributed by atoms with E-state index in [2.05, 4.69) is 11.4 Å². The molecule has 1 unspecified atom stereocenters. The van der Waals surface area contributed by atoms with Gasteiger partial charge < -0.3 is 9.73 Å². The standard InChI is InChI=1S/C14H16ClNO/c1-10-4-3-5-12(14(10)15)13(16-2)8-11-6-7-17-9-11/h3-7,9,13,16H,8H2,1-2H3. The third-order valence-corrected chi connectivity index (χ3v) is 3.48. The van der Waals surface area contributed by atoms with Crippen molar-refractivity contribution in [3.63, 3.8) is 0 Å². The summed E-state index contributed by atoms with van der Waals surface area (Å²) in [5.41, 5.74) is 3.41. The molecule has 0 fully saturated rings. The third-order valence-electron chi connectivity index (χ3n) is 2.97. The highest BCUT2D eigenvalue weighted by molar-refractivity contribution is 6.32. The van der Waals surface area contributed by atoms with E-state index in [4.69, 9.17) is 16.0 Å². The van der Waals surface area contributed by atoms with Crippen LogP contribution < -0.4 is 5.32 Å². The summed E-state index contributed by atoms with van der Waals surface area (Å²) in [5.74, 6) is 0. The molecular formula is C14H16ClNO. The Balaban J connectivity index is 2.26. The third kappa shape index (κ3) is 2.71. The summed E-state index contributed by atoms with van der Waals surface area (Å²) in [6.07, 6.45) is 4.34. The lowest BCUT2D eigenvalue weighted by atomic mass is 9.99. The molecule has 0 aliphatic rings. The maximum Gasteiger partial charge on any atom is 0.0935 e. The molecule has 1 N–H and O–H groups in total. The topological polar surface area (TPSA) is 25.2 Å². The van der Waals surface area contributed by atoms with Gasteiger partial charge in [0.1, 0.15) is 0 Å². The Hall–Kier alpha value is -1.25. The fourth-order valence-corrected chi connectivity index (χ4v) is 2.21. The van der Waals surface area contributed by atoms with Gasteiger partial charge in [-0.3, -0.25) is 0 Å². The average molecular weight is 250 g/mol. The number of likely N-dealkylation sites (N-methyl/N-ethyl adjacent to an activating group) is 1. The fourth-order valence-electron chi connectivity index (χ4n) is 1.95. The summed E-state index contributed by atoms with van der Waals surface area (Å²) in [7, 11) is 1.95. The molecule has 0 radical (unpaired) electrons. The SMILES string of the molecule is CNC(Cc1ccoc1)c1cccc(C)c1Cl. The van der Waals surface area contributed by atoms with Crippen LogP contribution in [-0.4, -0.2) is 7.05 Å². The average Bonchev–Trinajstić information content (AvgIpc) is 2.83. The highest BCUT2D eigenvalue weighted by Gasteiger charge is 2.14. The number of furan rings is 1. The highest BCUT2D eigenvalue weighted by atomic mass is 35.5. The first-order chi connectivity index (χ1) is 8.22. The summed E-state index contributed by atoms with van der Waals surface area (Å²) in [5, 5.41) is 4.14. The maximum atomic E-state index is 6.34. The van der Waals surface area contributed by atoms with Crippen LogP contribution in [0.2, 0.25) is 5.02 Å². The van der Waals surface area contributed by atoms with E-state index in [0.717, 1.165) is 22.6 Å². The Morgan fingerprint density at radius 1 is 1.35 bits per heavy atom. The first kappa shape index (κ1) is 12.2. The van der Waals surface area contributed by atoms with Crippen molar-refractivity contribution in [2.75, 3.05) is 7.05 Å². The molecule has 3 heteroatoms. The molecule has 2 nitrogen and oxygen atoms in total. The molecule has 0 amide bonds. The van der Waals surface area contributed by atoms with E-state index in [1.54, 1.807) is 12.5 Å². The number of halogens is 1. The predicted molar refractivity (Wildman–Crippen MR) is 70.4 cm³/mol. The Bertz CT molecular complexity index is 479. The molecular weight excluding hydrogens is 234 g/mol. The molecule has 1 atom stereocenters. The van der Waals surface area contributed by atoms with E-state index in [0.29, 0.717) is 0 Å². The van der Waals surface area contributed by atoms with E-state index in [1.807, 2.05) is 32.2 Å². The lowest BCUT2D eigenvalue weighted by molar-refractivity contribution is 0.551. The number of hydrogen-bond donors (Lipinski definition) is 1. The molecule has 2 aromatic rings. The Morgan fingerprint density at radius 2 is 2.18 bits per heavy atom. The van der Waals surface area contributed by atoms with Crippen LogP contribution in [0.15, 0.2) is 41.2 Å². The van der Waals surface area contributed by atoms with Crippen LogP contribution in [0.4, 0.5) is 0 Å². The van der Waals surface area contributed by atoms with Crippen LogP contribution in [-0.2, 0) is 6.42 Å². The number of hydrogen-bond acceptors (Lipinski definition) is 2. The number of benzene rings is 1. The second-order valence-corrected chi connectivity index (χ2v) is 4.53. The number of rotatable bonds is 4. The van der Waals surface area contributed by atoms with E-state index in [-0.39, 0.29) is 6.04 Å². The monoisotopic (exact) mass is 249 g/mol. The zero-order valence-electron chi connectivity index (χ0n) is 10.0. The van der Waals surface area contributed by atoms with E-state index < -0.39 is 0 Å². The molecule has 0 saturated carbocycles. The van der Waals surface area contributed by atoms with Crippen molar-refractivity contribution in [3.05, 3.63) is 58.5 Å². The van der Waals surface area contributed by atoms with Crippen LogP contribution in [0.3, 0.4) is 0 Å². The van der Waals surface area contributed by atoms with Crippen LogP contribution in [0, 0.1) is 6.92 Å². The Labute approximate surface area is 107 Å². The summed E-state index contributed by atoms with van der Waals surface area (Å²) in [6, 6.07) is 8.32. The minimum absolute atomic E-state index is 0.208. The van der Waals surface area contributed by atoms with Crippen molar-refractivity contribution in [1.29, 1.82) is 0 Å². The molecule has 0 spiro atoms. The minimum Gasteiger partial charge on any atom is -0.472 e. The summed E-state index contributed by atoms with van der Waals surface area (Å²) in [6.45, 7) is 2.02. The van der Waals surface area contributed by atoms with Crippen LogP contribution in [0.5, 0.6) is 0 Å². The summed E-state index contributed by atoms with van der Waals surface area (Å²) in [4.78, 5) is 0. The van der Waals surface area contributed by atoms with Gasteiger partial charge in [0.05, 0.1) is 12.5 Å². The van der Waals surface area contributed by atoms with E-state index in [1.165, 1.54) is 5.56 Å². The molecule has 17 heavy (non-hydrogen) atoms. The molecule has 90 valence electrons. The van der Waals surface area contributed by atoms with Crippen molar-refractivity contribution in [1.82, 2.24) is 5.32 Å². The van der Waals surface area contributed by atoms with Gasteiger partial charge in [0.2, 0.25) is 0 Å². The van der Waals surface area contributed by atoms with Crippen molar-refractivity contribution in [3.8, 4) is 0 Å². The summed E-state index contributed by atoms with van der Waals surface area (Å²) >= 11 is 6.34. The zero-order valence-corrected chi connectivity index (χ0v) is 10.8. The molecule has 1 heterocycles. The maximum absolute atomic E-state index is 6.34. The van der Waals surface area contributed by atoms with Gasteiger partial charge in [-0.1, -0.05) is 29.8 Å². The van der Waals surface area contributed by atoms with Crippen molar-refractivity contribution in [2.45, 2.75) is 19.4 Å². The lowest BCUT2D eigenvalue weighted by Crippen LogP contribution is -2.19.